The Kier molecular flexibility index (Phi) is 9.10. The van der Waals surface area contributed by atoms with Crippen LogP contribution in [0.3, 0.4) is 0 Å². The standard InChI is InChI=1S/C12H24N2OS.ClH/c1-9(2)5-4-6-10(3)14-12(15)11-7-16-8-13-11;/h9-11,13H,4-8H2,1-3H3,(H,14,15);1H. The smallest absolute Gasteiger partial charge is 0.238 e. The summed E-state index contributed by atoms with van der Waals surface area (Å²) in [5.74, 6) is 2.74. The van der Waals surface area contributed by atoms with E-state index in [2.05, 4.69) is 31.4 Å². The minimum Gasteiger partial charge on any atom is -0.352 e. The Labute approximate surface area is 115 Å². The van der Waals surface area contributed by atoms with Crippen molar-refractivity contribution in [1.29, 1.82) is 0 Å². The van der Waals surface area contributed by atoms with E-state index < -0.39 is 0 Å². The highest BCUT2D eigenvalue weighted by atomic mass is 35.5. The molecule has 0 saturated carbocycles. The van der Waals surface area contributed by atoms with Crippen LogP contribution >= 0.6 is 24.2 Å². The highest BCUT2D eigenvalue weighted by molar-refractivity contribution is 7.99. The Morgan fingerprint density at radius 2 is 2.12 bits per heavy atom. The first-order valence-corrected chi connectivity index (χ1v) is 7.36. The van der Waals surface area contributed by atoms with E-state index in [9.17, 15) is 4.79 Å². The third-order valence-electron chi connectivity index (χ3n) is 2.84. The molecule has 1 amide bonds. The first kappa shape index (κ1) is 17.1. The van der Waals surface area contributed by atoms with Gasteiger partial charge in [0, 0.05) is 17.7 Å². The molecule has 2 atom stereocenters. The first-order valence-electron chi connectivity index (χ1n) is 6.21. The number of hydrogen-bond donors (Lipinski definition) is 2. The Morgan fingerprint density at radius 1 is 1.41 bits per heavy atom. The summed E-state index contributed by atoms with van der Waals surface area (Å²) in [6.45, 7) is 6.58. The van der Waals surface area contributed by atoms with E-state index in [1.165, 1.54) is 12.8 Å². The molecule has 0 aromatic carbocycles. The molecule has 2 N–H and O–H groups in total. The predicted octanol–water partition coefficient (Wildman–Crippen LogP) is 2.40. The maximum Gasteiger partial charge on any atom is 0.238 e. The molecule has 3 nitrogen and oxygen atoms in total. The zero-order valence-electron chi connectivity index (χ0n) is 11.0. The first-order chi connectivity index (χ1) is 7.59. The van der Waals surface area contributed by atoms with Gasteiger partial charge < -0.3 is 5.32 Å². The van der Waals surface area contributed by atoms with Crippen LogP contribution in [0, 0.1) is 5.92 Å². The van der Waals surface area contributed by atoms with Crippen molar-refractivity contribution in [2.75, 3.05) is 11.6 Å². The van der Waals surface area contributed by atoms with Crippen LogP contribution in [0.25, 0.3) is 0 Å². The Morgan fingerprint density at radius 3 is 2.65 bits per heavy atom. The van der Waals surface area contributed by atoms with Crippen LogP contribution in [0.1, 0.15) is 40.0 Å². The van der Waals surface area contributed by atoms with Gasteiger partial charge in [-0.25, -0.2) is 0 Å². The molecule has 102 valence electrons. The Balaban J connectivity index is 0.00000256. The maximum atomic E-state index is 11.8. The Hall–Kier alpha value is 0.0700. The summed E-state index contributed by atoms with van der Waals surface area (Å²) in [5.41, 5.74) is 0. The SMILES string of the molecule is CC(C)CCCC(C)NC(=O)C1CSCN1.Cl. The third kappa shape index (κ3) is 7.17. The average molecular weight is 281 g/mol. The van der Waals surface area contributed by atoms with Gasteiger partial charge in [0.15, 0.2) is 0 Å². The minimum atomic E-state index is 0. The summed E-state index contributed by atoms with van der Waals surface area (Å²) in [7, 11) is 0. The van der Waals surface area contributed by atoms with Gasteiger partial charge >= 0.3 is 0 Å². The van der Waals surface area contributed by atoms with Crippen molar-refractivity contribution in [1.82, 2.24) is 10.6 Å². The summed E-state index contributed by atoms with van der Waals surface area (Å²) in [6, 6.07) is 0.330. The van der Waals surface area contributed by atoms with Gasteiger partial charge in [-0.15, -0.1) is 24.2 Å². The summed E-state index contributed by atoms with van der Waals surface area (Å²) < 4.78 is 0. The number of rotatable bonds is 6. The van der Waals surface area contributed by atoms with E-state index in [0.717, 1.165) is 24.0 Å². The molecule has 0 aromatic heterocycles. The molecule has 17 heavy (non-hydrogen) atoms. The molecule has 0 radical (unpaired) electrons. The third-order valence-corrected chi connectivity index (χ3v) is 3.78. The quantitative estimate of drug-likeness (QED) is 0.785. The molecule has 0 aromatic rings. The second kappa shape index (κ2) is 9.06. The van der Waals surface area contributed by atoms with E-state index >= 15 is 0 Å². The Bertz CT molecular complexity index is 221. The lowest BCUT2D eigenvalue weighted by Gasteiger charge is -2.17. The molecule has 5 heteroatoms. The zero-order valence-corrected chi connectivity index (χ0v) is 12.6. The summed E-state index contributed by atoms with van der Waals surface area (Å²) in [4.78, 5) is 11.8. The van der Waals surface area contributed by atoms with E-state index in [-0.39, 0.29) is 24.4 Å². The number of hydrogen-bond acceptors (Lipinski definition) is 3. The molecule has 1 aliphatic rings. The topological polar surface area (TPSA) is 41.1 Å². The number of nitrogens with one attached hydrogen (secondary N) is 2. The van der Waals surface area contributed by atoms with Crippen LogP contribution < -0.4 is 10.6 Å². The molecule has 1 fully saturated rings. The van der Waals surface area contributed by atoms with Gasteiger partial charge in [-0.1, -0.05) is 26.7 Å². The molecule has 1 saturated heterocycles. The van der Waals surface area contributed by atoms with Crippen LogP contribution in [0.5, 0.6) is 0 Å². The molecule has 0 aliphatic carbocycles. The predicted molar refractivity (Wildman–Crippen MR) is 77.8 cm³/mol. The zero-order chi connectivity index (χ0) is 12.0. The molecule has 1 rings (SSSR count). The highest BCUT2D eigenvalue weighted by Crippen LogP contribution is 2.11. The molecular weight excluding hydrogens is 256 g/mol. The fourth-order valence-corrected chi connectivity index (χ4v) is 2.75. The van der Waals surface area contributed by atoms with Gasteiger partial charge in [-0.05, 0) is 19.3 Å². The molecule has 2 unspecified atom stereocenters. The number of halogens is 1. The summed E-state index contributed by atoms with van der Waals surface area (Å²) >= 11 is 1.79. The van der Waals surface area contributed by atoms with Crippen molar-refractivity contribution in [3.8, 4) is 0 Å². The number of amides is 1. The number of carbonyl (C=O) groups excluding carboxylic acids is 1. The molecule has 0 bridgehead atoms. The van der Waals surface area contributed by atoms with Gasteiger partial charge in [0.2, 0.25) is 5.91 Å². The monoisotopic (exact) mass is 280 g/mol. The van der Waals surface area contributed by atoms with Crippen LogP contribution in [0.15, 0.2) is 0 Å². The fraction of sp³-hybridized carbons (Fsp3) is 0.917. The van der Waals surface area contributed by atoms with Gasteiger partial charge in [-0.3, -0.25) is 10.1 Å². The van der Waals surface area contributed by atoms with Crippen LogP contribution in [-0.4, -0.2) is 29.6 Å². The second-order valence-corrected chi connectivity index (χ2v) is 6.04. The fourth-order valence-electron chi connectivity index (χ4n) is 1.81. The lowest BCUT2D eigenvalue weighted by Crippen LogP contribution is -2.45. The normalized spacial score (nSPS) is 21.1. The number of thioether (sulfide) groups is 1. The summed E-state index contributed by atoms with van der Waals surface area (Å²) in [6.07, 6.45) is 3.54. The van der Waals surface area contributed by atoms with E-state index in [0.29, 0.717) is 6.04 Å². The van der Waals surface area contributed by atoms with E-state index in [4.69, 9.17) is 0 Å². The van der Waals surface area contributed by atoms with Crippen LogP contribution in [0.4, 0.5) is 0 Å². The highest BCUT2D eigenvalue weighted by Gasteiger charge is 2.23. The van der Waals surface area contributed by atoms with Crippen molar-refractivity contribution >= 4 is 30.1 Å². The lowest BCUT2D eigenvalue weighted by atomic mass is 10.0. The molecular formula is C12H25ClN2OS. The summed E-state index contributed by atoms with van der Waals surface area (Å²) in [5, 5.41) is 6.27. The average Bonchev–Trinajstić information content (AvgIpc) is 2.69. The molecule has 1 heterocycles. The van der Waals surface area contributed by atoms with Gasteiger partial charge in [-0.2, -0.15) is 0 Å². The molecule has 0 spiro atoms. The van der Waals surface area contributed by atoms with Crippen molar-refractivity contribution < 1.29 is 4.79 Å². The van der Waals surface area contributed by atoms with Crippen molar-refractivity contribution in [2.24, 2.45) is 5.92 Å². The van der Waals surface area contributed by atoms with Crippen LogP contribution in [0.2, 0.25) is 0 Å². The second-order valence-electron chi connectivity index (χ2n) is 5.01. The largest absolute Gasteiger partial charge is 0.352 e. The minimum absolute atomic E-state index is 0. The van der Waals surface area contributed by atoms with Gasteiger partial charge in [0.05, 0.1) is 6.04 Å². The van der Waals surface area contributed by atoms with Gasteiger partial charge in [0.1, 0.15) is 0 Å². The van der Waals surface area contributed by atoms with Crippen LogP contribution in [-0.2, 0) is 4.79 Å². The number of carbonyl (C=O) groups is 1. The van der Waals surface area contributed by atoms with Crippen molar-refractivity contribution in [2.45, 2.75) is 52.1 Å². The van der Waals surface area contributed by atoms with Crippen molar-refractivity contribution in [3.05, 3.63) is 0 Å². The molecule has 1 aliphatic heterocycles. The van der Waals surface area contributed by atoms with Crippen molar-refractivity contribution in [3.63, 3.8) is 0 Å². The van der Waals surface area contributed by atoms with E-state index in [1.54, 1.807) is 11.8 Å². The van der Waals surface area contributed by atoms with Gasteiger partial charge in [0.25, 0.3) is 0 Å². The maximum absolute atomic E-state index is 11.8. The lowest BCUT2D eigenvalue weighted by molar-refractivity contribution is -0.123. The van der Waals surface area contributed by atoms with E-state index in [1.807, 2.05) is 0 Å².